The molecule has 146 valence electrons. The van der Waals surface area contributed by atoms with E-state index in [2.05, 4.69) is 30.3 Å². The maximum atomic E-state index is 11.9. The van der Waals surface area contributed by atoms with Crippen LogP contribution in [-0.4, -0.2) is 0 Å². The molecule has 1 saturated carbocycles. The summed E-state index contributed by atoms with van der Waals surface area (Å²) in [6.45, 7) is 0. The SMILES string of the molecule is N#Cc1ccc(-c2ccc([C@H]3CC[C@H](CCCCCC=CF)CC3)cc2)cc1. The highest BCUT2D eigenvalue weighted by Gasteiger charge is 2.22. The van der Waals surface area contributed by atoms with Crippen LogP contribution in [0.1, 0.15) is 74.8 Å². The second-order valence-electron chi connectivity index (χ2n) is 8.03. The van der Waals surface area contributed by atoms with Gasteiger partial charge in [-0.25, -0.2) is 4.39 Å². The third kappa shape index (κ3) is 5.80. The highest BCUT2D eigenvalue weighted by atomic mass is 19.1. The second-order valence-corrected chi connectivity index (χ2v) is 8.03. The Morgan fingerprint density at radius 3 is 2.11 bits per heavy atom. The monoisotopic (exact) mass is 375 g/mol. The molecule has 28 heavy (non-hydrogen) atoms. The molecule has 1 nitrogen and oxygen atoms in total. The number of hydrogen-bond acceptors (Lipinski definition) is 1. The van der Waals surface area contributed by atoms with Gasteiger partial charge in [-0.1, -0.05) is 61.7 Å². The van der Waals surface area contributed by atoms with Crippen LogP contribution in [0, 0.1) is 17.2 Å². The fraction of sp³-hybridized carbons (Fsp3) is 0.423. The van der Waals surface area contributed by atoms with Gasteiger partial charge in [0.05, 0.1) is 18.0 Å². The fourth-order valence-electron chi connectivity index (χ4n) is 4.40. The van der Waals surface area contributed by atoms with Gasteiger partial charge < -0.3 is 0 Å². The van der Waals surface area contributed by atoms with Crippen molar-refractivity contribution in [1.82, 2.24) is 0 Å². The first-order valence-electron chi connectivity index (χ1n) is 10.7. The number of benzene rings is 2. The molecular weight excluding hydrogens is 345 g/mol. The molecule has 1 aliphatic rings. The van der Waals surface area contributed by atoms with Gasteiger partial charge in [-0.05, 0) is 79.2 Å². The van der Waals surface area contributed by atoms with E-state index in [9.17, 15) is 4.39 Å². The number of hydrogen-bond donors (Lipinski definition) is 0. The summed E-state index contributed by atoms with van der Waals surface area (Å²) in [6, 6.07) is 19.0. The molecule has 0 radical (unpaired) electrons. The number of halogens is 1. The van der Waals surface area contributed by atoms with E-state index in [4.69, 9.17) is 5.26 Å². The molecule has 2 aromatic carbocycles. The zero-order valence-electron chi connectivity index (χ0n) is 16.6. The zero-order chi connectivity index (χ0) is 19.6. The molecule has 0 aromatic heterocycles. The molecule has 1 fully saturated rings. The van der Waals surface area contributed by atoms with Crippen molar-refractivity contribution in [3.63, 3.8) is 0 Å². The minimum atomic E-state index is 0.665. The Balaban J connectivity index is 1.45. The Morgan fingerprint density at radius 2 is 1.50 bits per heavy atom. The quantitative estimate of drug-likeness (QED) is 0.430. The topological polar surface area (TPSA) is 23.8 Å². The van der Waals surface area contributed by atoms with Crippen molar-refractivity contribution in [1.29, 1.82) is 5.26 Å². The molecule has 0 spiro atoms. The van der Waals surface area contributed by atoms with Gasteiger partial charge >= 0.3 is 0 Å². The van der Waals surface area contributed by atoms with E-state index in [-0.39, 0.29) is 0 Å². The van der Waals surface area contributed by atoms with Crippen molar-refractivity contribution < 1.29 is 4.39 Å². The van der Waals surface area contributed by atoms with Crippen molar-refractivity contribution in [2.75, 3.05) is 0 Å². The molecule has 0 aliphatic heterocycles. The number of rotatable bonds is 8. The van der Waals surface area contributed by atoms with Crippen LogP contribution in [0.3, 0.4) is 0 Å². The summed E-state index contributed by atoms with van der Waals surface area (Å²) in [5, 5.41) is 8.92. The second kappa shape index (κ2) is 10.8. The first kappa shape index (κ1) is 20.3. The van der Waals surface area contributed by atoms with Gasteiger partial charge in [0.25, 0.3) is 0 Å². The Bertz CT molecular complexity index is 775. The van der Waals surface area contributed by atoms with Gasteiger partial charge in [0.2, 0.25) is 0 Å². The summed E-state index contributed by atoms with van der Waals surface area (Å²) in [7, 11) is 0. The van der Waals surface area contributed by atoms with Crippen LogP contribution in [0.15, 0.2) is 60.9 Å². The smallest absolute Gasteiger partial charge is 0.0991 e. The molecule has 3 rings (SSSR count). The van der Waals surface area contributed by atoms with Crippen LogP contribution in [0.25, 0.3) is 11.1 Å². The van der Waals surface area contributed by atoms with Gasteiger partial charge in [-0.2, -0.15) is 5.26 Å². The van der Waals surface area contributed by atoms with Gasteiger partial charge in [0, 0.05) is 0 Å². The molecule has 0 unspecified atom stereocenters. The zero-order valence-corrected chi connectivity index (χ0v) is 16.6. The normalized spacial score (nSPS) is 19.6. The Kier molecular flexibility index (Phi) is 7.85. The predicted molar refractivity (Wildman–Crippen MR) is 115 cm³/mol. The number of allylic oxidation sites excluding steroid dienone is 1. The van der Waals surface area contributed by atoms with E-state index in [1.807, 2.05) is 24.3 Å². The molecule has 2 heteroatoms. The average Bonchev–Trinajstić information content (AvgIpc) is 2.77. The highest BCUT2D eigenvalue weighted by molar-refractivity contribution is 5.64. The van der Waals surface area contributed by atoms with Crippen LogP contribution >= 0.6 is 0 Å². The van der Waals surface area contributed by atoms with Gasteiger partial charge in [0.15, 0.2) is 0 Å². The first-order valence-corrected chi connectivity index (χ1v) is 10.7. The van der Waals surface area contributed by atoms with Gasteiger partial charge in [0.1, 0.15) is 0 Å². The van der Waals surface area contributed by atoms with Crippen molar-refractivity contribution >= 4 is 0 Å². The van der Waals surface area contributed by atoms with Gasteiger partial charge in [-0.3, -0.25) is 0 Å². The Labute approximate surface area is 168 Å². The van der Waals surface area contributed by atoms with Crippen LogP contribution in [0.4, 0.5) is 4.39 Å². The van der Waals surface area contributed by atoms with E-state index < -0.39 is 0 Å². The molecule has 1 aliphatic carbocycles. The van der Waals surface area contributed by atoms with E-state index in [0.717, 1.165) is 24.3 Å². The van der Waals surface area contributed by atoms with Gasteiger partial charge in [-0.15, -0.1) is 0 Å². The lowest BCUT2D eigenvalue weighted by Gasteiger charge is -2.29. The molecule has 0 atom stereocenters. The summed E-state index contributed by atoms with van der Waals surface area (Å²) < 4.78 is 11.9. The van der Waals surface area contributed by atoms with Crippen molar-refractivity contribution in [2.45, 2.75) is 63.7 Å². The van der Waals surface area contributed by atoms with E-state index >= 15 is 0 Å². The maximum absolute atomic E-state index is 11.9. The van der Waals surface area contributed by atoms with Crippen molar-refractivity contribution in [2.24, 2.45) is 5.92 Å². The average molecular weight is 376 g/mol. The van der Waals surface area contributed by atoms with E-state index in [1.54, 1.807) is 6.08 Å². The Hall–Kier alpha value is -2.40. The molecule has 0 heterocycles. The summed E-state index contributed by atoms with van der Waals surface area (Å²) in [5.41, 5.74) is 4.54. The number of unbranched alkanes of at least 4 members (excludes halogenated alkanes) is 3. The summed E-state index contributed by atoms with van der Waals surface area (Å²) >= 11 is 0. The van der Waals surface area contributed by atoms with E-state index in [1.165, 1.54) is 56.1 Å². The third-order valence-corrected chi connectivity index (χ3v) is 6.15. The summed E-state index contributed by atoms with van der Waals surface area (Å²) in [6.07, 6.45) is 13.4. The molecular formula is C26H30FN. The summed E-state index contributed by atoms with van der Waals surface area (Å²) in [5.74, 6) is 1.58. The minimum absolute atomic E-state index is 0.665. The number of nitriles is 1. The van der Waals surface area contributed by atoms with Crippen LogP contribution in [0.5, 0.6) is 0 Å². The minimum Gasteiger partial charge on any atom is -0.216 e. The molecule has 0 bridgehead atoms. The standard InChI is InChI=1S/C26H30FN/c27-19-5-3-1-2-4-6-21-7-11-23(12-8-21)25-15-17-26(18-16-25)24-13-9-22(20-28)10-14-24/h5,9-10,13-19,21,23H,1-4,6-8,11-12H2/t21-,23-. The summed E-state index contributed by atoms with van der Waals surface area (Å²) in [4.78, 5) is 0. The molecule has 2 aromatic rings. The lowest BCUT2D eigenvalue weighted by atomic mass is 9.77. The van der Waals surface area contributed by atoms with Crippen LogP contribution in [-0.2, 0) is 0 Å². The third-order valence-electron chi connectivity index (χ3n) is 6.15. The highest BCUT2D eigenvalue weighted by Crippen LogP contribution is 2.38. The Morgan fingerprint density at radius 1 is 0.857 bits per heavy atom. The number of nitrogens with zero attached hydrogens (tertiary/aromatic N) is 1. The van der Waals surface area contributed by atoms with Crippen molar-refractivity contribution in [3.8, 4) is 17.2 Å². The molecule has 0 amide bonds. The van der Waals surface area contributed by atoms with Crippen LogP contribution < -0.4 is 0 Å². The largest absolute Gasteiger partial charge is 0.216 e. The fourth-order valence-corrected chi connectivity index (χ4v) is 4.40. The first-order chi connectivity index (χ1) is 13.8. The van der Waals surface area contributed by atoms with Crippen LogP contribution in [0.2, 0.25) is 0 Å². The lowest BCUT2D eigenvalue weighted by molar-refractivity contribution is 0.302. The maximum Gasteiger partial charge on any atom is 0.0991 e. The van der Waals surface area contributed by atoms with E-state index in [0.29, 0.717) is 17.8 Å². The lowest BCUT2D eigenvalue weighted by Crippen LogP contribution is -2.13. The predicted octanol–water partition coefficient (Wildman–Crippen LogP) is 7.93. The molecule has 0 saturated heterocycles. The van der Waals surface area contributed by atoms with Crippen molar-refractivity contribution in [3.05, 3.63) is 72.1 Å². The molecule has 0 N–H and O–H groups in total.